The van der Waals surface area contributed by atoms with Crippen LogP contribution in [-0.4, -0.2) is 22.4 Å². The number of hydrogen-bond donors (Lipinski definition) is 2. The van der Waals surface area contributed by atoms with E-state index in [4.69, 9.17) is 10.5 Å². The molecule has 0 aromatic rings. The summed E-state index contributed by atoms with van der Waals surface area (Å²) in [6, 6.07) is 0. The molecule has 1 atom stereocenters. The summed E-state index contributed by atoms with van der Waals surface area (Å²) in [5.41, 5.74) is 2.78. The minimum atomic E-state index is -1.85. The number of rotatable bonds is 2. The minimum Gasteiger partial charge on any atom is -0.457 e. The van der Waals surface area contributed by atoms with E-state index in [1.807, 2.05) is 0 Å². The van der Waals surface area contributed by atoms with Crippen molar-refractivity contribution in [3.63, 3.8) is 0 Å². The summed E-state index contributed by atoms with van der Waals surface area (Å²) < 4.78 is 4.88. The Morgan fingerprint density at radius 1 is 1.50 bits per heavy atom. The second-order valence-corrected chi connectivity index (χ2v) is 3.78. The molecule has 0 aliphatic rings. The Kier molecular flexibility index (Phi) is 3.24. The zero-order valence-electron chi connectivity index (χ0n) is 8.05. The first kappa shape index (κ1) is 11.4. The van der Waals surface area contributed by atoms with E-state index in [1.165, 1.54) is 0 Å². The molecule has 0 aromatic heterocycles. The zero-order valence-corrected chi connectivity index (χ0v) is 8.05. The maximum Gasteiger partial charge on any atom is 0.353 e. The third kappa shape index (κ3) is 3.69. The van der Waals surface area contributed by atoms with Crippen LogP contribution in [0.2, 0.25) is 0 Å². The fraction of sp³-hybridized carbons (Fsp3) is 0.875. The maximum atomic E-state index is 11.1. The average Bonchev–Trinajstić information content (AvgIpc) is 1.84. The lowest BCUT2D eigenvalue weighted by Gasteiger charge is -2.26. The molecule has 0 aromatic carbocycles. The van der Waals surface area contributed by atoms with Crippen LogP contribution in [0.5, 0.6) is 0 Å². The summed E-state index contributed by atoms with van der Waals surface area (Å²) in [5, 5.41) is 9.26. The third-order valence-corrected chi connectivity index (χ3v) is 1.29. The highest BCUT2D eigenvalue weighted by molar-refractivity contribution is 5.78. The number of nitrogens with two attached hydrogens (primary N) is 1. The first-order valence-electron chi connectivity index (χ1n) is 3.94. The van der Waals surface area contributed by atoms with Crippen LogP contribution in [0.25, 0.3) is 0 Å². The standard InChI is InChI=1S/C8H17NO3/c1-5-8(9,11)6(10)12-7(2,3)4/h11H,5,9H2,1-4H3/t8-/m1/s1. The predicted octanol–water partition coefficient (Wildman–Crippen LogP) is 0.385. The number of aliphatic hydroxyl groups is 1. The van der Waals surface area contributed by atoms with Gasteiger partial charge in [0.1, 0.15) is 5.60 Å². The van der Waals surface area contributed by atoms with E-state index >= 15 is 0 Å². The SMILES string of the molecule is CC[C@@](N)(O)C(=O)OC(C)(C)C. The van der Waals surface area contributed by atoms with Gasteiger partial charge in [0, 0.05) is 0 Å². The summed E-state index contributed by atoms with van der Waals surface area (Å²) in [6.45, 7) is 6.77. The van der Waals surface area contributed by atoms with Crippen LogP contribution in [0.4, 0.5) is 0 Å². The van der Waals surface area contributed by atoms with E-state index in [2.05, 4.69) is 0 Å². The predicted molar refractivity (Wildman–Crippen MR) is 45.3 cm³/mol. The number of ether oxygens (including phenoxy) is 1. The highest BCUT2D eigenvalue weighted by Gasteiger charge is 2.33. The molecule has 3 N–H and O–H groups in total. The molecule has 4 heteroatoms. The van der Waals surface area contributed by atoms with Crippen LogP contribution in [0.15, 0.2) is 0 Å². The first-order chi connectivity index (χ1) is 5.19. The van der Waals surface area contributed by atoms with Crippen molar-refractivity contribution in [3.8, 4) is 0 Å². The molecular formula is C8H17NO3. The van der Waals surface area contributed by atoms with Gasteiger partial charge in [-0.15, -0.1) is 0 Å². The molecule has 4 nitrogen and oxygen atoms in total. The van der Waals surface area contributed by atoms with E-state index in [0.717, 1.165) is 0 Å². The molecule has 0 saturated carbocycles. The lowest BCUT2D eigenvalue weighted by molar-refractivity contribution is -0.177. The van der Waals surface area contributed by atoms with Crippen molar-refractivity contribution in [1.29, 1.82) is 0 Å². The van der Waals surface area contributed by atoms with Gasteiger partial charge in [-0.1, -0.05) is 6.92 Å². The van der Waals surface area contributed by atoms with Crippen LogP contribution in [0.3, 0.4) is 0 Å². The molecule has 0 rings (SSSR count). The Hall–Kier alpha value is -0.610. The van der Waals surface area contributed by atoms with Gasteiger partial charge in [0.2, 0.25) is 5.72 Å². The van der Waals surface area contributed by atoms with Crippen LogP contribution < -0.4 is 5.73 Å². The van der Waals surface area contributed by atoms with Crippen molar-refractivity contribution in [2.24, 2.45) is 5.73 Å². The molecule has 0 aliphatic heterocycles. The van der Waals surface area contributed by atoms with Gasteiger partial charge in [0.05, 0.1) is 0 Å². The van der Waals surface area contributed by atoms with Crippen molar-refractivity contribution in [3.05, 3.63) is 0 Å². The maximum absolute atomic E-state index is 11.1. The summed E-state index contributed by atoms with van der Waals surface area (Å²) in [4.78, 5) is 11.1. The largest absolute Gasteiger partial charge is 0.457 e. The van der Waals surface area contributed by atoms with Crippen LogP contribution in [-0.2, 0) is 9.53 Å². The van der Waals surface area contributed by atoms with E-state index in [-0.39, 0.29) is 6.42 Å². The molecule has 0 fully saturated rings. The Labute approximate surface area is 72.7 Å². The molecule has 0 heterocycles. The number of carbonyl (C=O) groups excluding carboxylic acids is 1. The van der Waals surface area contributed by atoms with Gasteiger partial charge in [-0.25, -0.2) is 4.79 Å². The van der Waals surface area contributed by atoms with E-state index in [0.29, 0.717) is 0 Å². The number of esters is 1. The van der Waals surface area contributed by atoms with Gasteiger partial charge >= 0.3 is 5.97 Å². The van der Waals surface area contributed by atoms with Crippen molar-refractivity contribution in [2.75, 3.05) is 0 Å². The van der Waals surface area contributed by atoms with Crippen molar-refractivity contribution >= 4 is 5.97 Å². The molecule has 0 bridgehead atoms. The van der Waals surface area contributed by atoms with Crippen LogP contribution >= 0.6 is 0 Å². The van der Waals surface area contributed by atoms with Gasteiger partial charge in [0.15, 0.2) is 0 Å². The molecule has 0 amide bonds. The van der Waals surface area contributed by atoms with Crippen molar-refractivity contribution in [2.45, 2.75) is 45.4 Å². The molecule has 0 spiro atoms. The summed E-state index contributed by atoms with van der Waals surface area (Å²) in [6.07, 6.45) is 0.141. The number of carbonyl (C=O) groups is 1. The van der Waals surface area contributed by atoms with Gasteiger partial charge < -0.3 is 9.84 Å². The molecular weight excluding hydrogens is 158 g/mol. The lowest BCUT2D eigenvalue weighted by atomic mass is 10.1. The normalized spacial score (nSPS) is 16.8. The molecule has 0 saturated heterocycles. The zero-order chi connectivity index (χ0) is 9.99. The van der Waals surface area contributed by atoms with Gasteiger partial charge in [-0.3, -0.25) is 5.73 Å². The Balaban J connectivity index is 4.23. The number of hydrogen-bond acceptors (Lipinski definition) is 4. The molecule has 0 aliphatic carbocycles. The highest BCUT2D eigenvalue weighted by Crippen LogP contribution is 2.12. The second-order valence-electron chi connectivity index (χ2n) is 3.78. The highest BCUT2D eigenvalue weighted by atomic mass is 16.6. The minimum absolute atomic E-state index is 0.141. The van der Waals surface area contributed by atoms with E-state index in [9.17, 15) is 9.90 Å². The Morgan fingerprint density at radius 2 is 1.92 bits per heavy atom. The molecule has 72 valence electrons. The van der Waals surface area contributed by atoms with E-state index in [1.54, 1.807) is 27.7 Å². The van der Waals surface area contributed by atoms with Crippen LogP contribution in [0, 0.1) is 0 Å². The first-order valence-corrected chi connectivity index (χ1v) is 3.94. The van der Waals surface area contributed by atoms with Gasteiger partial charge in [-0.05, 0) is 27.2 Å². The second kappa shape index (κ2) is 3.41. The summed E-state index contributed by atoms with van der Waals surface area (Å²) >= 11 is 0. The fourth-order valence-electron chi connectivity index (χ4n) is 0.511. The lowest BCUT2D eigenvalue weighted by Crippen LogP contribution is -2.50. The quantitative estimate of drug-likeness (QED) is 0.470. The Bertz CT molecular complexity index is 170. The summed E-state index contributed by atoms with van der Waals surface area (Å²) in [7, 11) is 0. The molecule has 12 heavy (non-hydrogen) atoms. The van der Waals surface area contributed by atoms with Gasteiger partial charge in [0.25, 0.3) is 0 Å². The van der Waals surface area contributed by atoms with E-state index < -0.39 is 17.3 Å². The molecule has 0 unspecified atom stereocenters. The van der Waals surface area contributed by atoms with Crippen molar-refractivity contribution in [1.82, 2.24) is 0 Å². The van der Waals surface area contributed by atoms with Crippen LogP contribution in [0.1, 0.15) is 34.1 Å². The fourth-order valence-corrected chi connectivity index (χ4v) is 0.511. The third-order valence-electron chi connectivity index (χ3n) is 1.29. The monoisotopic (exact) mass is 175 g/mol. The average molecular weight is 175 g/mol. The smallest absolute Gasteiger partial charge is 0.353 e. The van der Waals surface area contributed by atoms with Gasteiger partial charge in [-0.2, -0.15) is 0 Å². The summed E-state index contributed by atoms with van der Waals surface area (Å²) in [5.74, 6) is -0.780. The Morgan fingerprint density at radius 3 is 2.17 bits per heavy atom. The topological polar surface area (TPSA) is 72.5 Å². The van der Waals surface area contributed by atoms with Crippen molar-refractivity contribution < 1.29 is 14.6 Å². The molecule has 0 radical (unpaired) electrons.